The third-order valence-corrected chi connectivity index (χ3v) is 9.54. The number of Topliss-reactive ketones (excluding diaryl/α,β-unsaturated/α-hetero) is 1. The molecule has 1 fully saturated rings. The number of halogens is 8. The number of ketones is 2. The molecule has 1 N–H and O–H groups in total. The molecule has 1 heterocycles. The van der Waals surface area contributed by atoms with Gasteiger partial charge in [0.1, 0.15) is 5.75 Å². The molecule has 6 nitrogen and oxygen atoms in total. The Hall–Kier alpha value is -3.52. The minimum Gasteiger partial charge on any atom is -0.508 e. The van der Waals surface area contributed by atoms with Crippen LogP contribution in [0.4, 0.5) is 32.0 Å². The Bertz CT molecular complexity index is 1760. The Labute approximate surface area is 261 Å². The number of rotatable bonds is 2. The zero-order valence-electron chi connectivity index (χ0n) is 21.9. The lowest BCUT2D eigenvalue weighted by Gasteiger charge is -2.42. The summed E-state index contributed by atoms with van der Waals surface area (Å²) in [6.07, 6.45) is -8.00. The van der Waals surface area contributed by atoms with Crippen molar-refractivity contribution in [1.29, 1.82) is 0 Å². The number of benzene rings is 2. The number of anilines is 1. The molecule has 1 saturated heterocycles. The van der Waals surface area contributed by atoms with E-state index in [9.17, 15) is 50.6 Å². The third-order valence-electron chi connectivity index (χ3n) is 8.46. The van der Waals surface area contributed by atoms with Crippen LogP contribution in [0.3, 0.4) is 0 Å². The summed E-state index contributed by atoms with van der Waals surface area (Å²) in [7, 11) is 0. The van der Waals surface area contributed by atoms with Gasteiger partial charge in [0.2, 0.25) is 11.8 Å². The van der Waals surface area contributed by atoms with Crippen molar-refractivity contribution in [2.45, 2.75) is 31.1 Å². The topological polar surface area (TPSA) is 91.8 Å². The zero-order valence-corrected chi connectivity index (χ0v) is 25.1. The van der Waals surface area contributed by atoms with Gasteiger partial charge in [-0.1, -0.05) is 27.6 Å². The van der Waals surface area contributed by atoms with Crippen molar-refractivity contribution in [3.05, 3.63) is 90.9 Å². The molecule has 0 spiro atoms. The first-order valence-corrected chi connectivity index (χ1v) is 14.6. The molecular weight excluding hydrogens is 728 g/mol. The Kier molecular flexibility index (Phi) is 7.11. The lowest BCUT2D eigenvalue weighted by molar-refractivity contribution is -0.143. The van der Waals surface area contributed by atoms with Crippen LogP contribution in [0, 0.1) is 17.8 Å². The predicted octanol–water partition coefficient (Wildman–Crippen LogP) is 7.16. The van der Waals surface area contributed by atoms with Crippen molar-refractivity contribution in [3.8, 4) is 5.75 Å². The molecule has 3 aliphatic carbocycles. The van der Waals surface area contributed by atoms with E-state index in [1.54, 1.807) is 18.2 Å². The van der Waals surface area contributed by atoms with Gasteiger partial charge in [0.25, 0.3) is 0 Å². The number of carbonyl (C=O) groups is 4. The van der Waals surface area contributed by atoms with E-state index in [4.69, 9.17) is 0 Å². The molecule has 4 aliphatic rings. The Morgan fingerprint density at radius 2 is 1.48 bits per heavy atom. The number of nitrogens with zero attached hydrogens (tertiary/aromatic N) is 1. The van der Waals surface area contributed by atoms with E-state index in [0.29, 0.717) is 27.1 Å². The van der Waals surface area contributed by atoms with Gasteiger partial charge in [0.05, 0.1) is 33.1 Å². The molecular formula is C30H17Br2F6NO5. The largest absolute Gasteiger partial charge is 0.508 e. The number of phenols is 1. The summed E-state index contributed by atoms with van der Waals surface area (Å²) in [4.78, 5) is 54.5. The highest BCUT2D eigenvalue weighted by atomic mass is 79.9. The molecule has 44 heavy (non-hydrogen) atoms. The minimum absolute atomic E-state index is 0.0358. The highest BCUT2D eigenvalue weighted by Crippen LogP contribution is 2.57. The number of hydrogen-bond donors (Lipinski definition) is 1. The summed E-state index contributed by atoms with van der Waals surface area (Å²) < 4.78 is 82.1. The summed E-state index contributed by atoms with van der Waals surface area (Å²) in [5.74, 6) is -7.64. The van der Waals surface area contributed by atoms with Crippen LogP contribution in [-0.4, -0.2) is 28.5 Å². The van der Waals surface area contributed by atoms with E-state index in [-0.39, 0.29) is 45.8 Å². The average Bonchev–Trinajstić information content (AvgIpc) is 3.20. The minimum atomic E-state index is -5.20. The number of fused-ring (bicyclic) bond motifs is 3. The number of aromatic hydroxyl groups is 1. The molecule has 0 aromatic heterocycles. The van der Waals surface area contributed by atoms with Gasteiger partial charge in [-0.05, 0) is 71.1 Å². The molecule has 228 valence electrons. The van der Waals surface area contributed by atoms with Gasteiger partial charge in [-0.3, -0.25) is 19.2 Å². The van der Waals surface area contributed by atoms with E-state index >= 15 is 0 Å². The number of imide groups is 1. The first-order valence-electron chi connectivity index (χ1n) is 13.0. The Balaban J connectivity index is 1.49. The number of carbonyl (C=O) groups excluding carboxylic acids is 4. The molecule has 1 aliphatic heterocycles. The van der Waals surface area contributed by atoms with Gasteiger partial charge in [-0.2, -0.15) is 26.3 Å². The Morgan fingerprint density at radius 3 is 2.09 bits per heavy atom. The molecule has 2 amide bonds. The van der Waals surface area contributed by atoms with Crippen molar-refractivity contribution in [2.24, 2.45) is 17.8 Å². The van der Waals surface area contributed by atoms with Crippen molar-refractivity contribution in [2.75, 3.05) is 4.90 Å². The molecule has 2 aromatic carbocycles. The molecule has 0 bridgehead atoms. The van der Waals surface area contributed by atoms with Crippen LogP contribution in [0.1, 0.15) is 35.4 Å². The number of amides is 2. The van der Waals surface area contributed by atoms with Gasteiger partial charge in [-0.25, -0.2) is 4.90 Å². The second-order valence-electron chi connectivity index (χ2n) is 10.9. The number of hydrogen-bond acceptors (Lipinski definition) is 5. The number of allylic oxidation sites excluding steroid dienone is 6. The van der Waals surface area contributed by atoms with Gasteiger partial charge in [0.15, 0.2) is 11.6 Å². The smallest absolute Gasteiger partial charge is 0.416 e. The second kappa shape index (κ2) is 10.3. The summed E-state index contributed by atoms with van der Waals surface area (Å²) >= 11 is 6.41. The van der Waals surface area contributed by atoms with Crippen molar-refractivity contribution >= 4 is 60.9 Å². The van der Waals surface area contributed by atoms with Crippen LogP contribution in [0.15, 0.2) is 74.2 Å². The molecule has 4 unspecified atom stereocenters. The molecule has 6 rings (SSSR count). The summed E-state index contributed by atoms with van der Waals surface area (Å²) in [6, 6.07) is 5.01. The quantitative estimate of drug-likeness (QED) is 0.153. The summed E-state index contributed by atoms with van der Waals surface area (Å²) in [5.41, 5.74) is -3.45. The van der Waals surface area contributed by atoms with Gasteiger partial charge in [0, 0.05) is 33.2 Å². The van der Waals surface area contributed by atoms with E-state index in [1.807, 2.05) is 0 Å². The monoisotopic (exact) mass is 743 g/mol. The van der Waals surface area contributed by atoms with Crippen LogP contribution >= 0.6 is 31.9 Å². The lowest BCUT2D eigenvalue weighted by Crippen LogP contribution is -2.39. The van der Waals surface area contributed by atoms with E-state index in [2.05, 4.69) is 31.9 Å². The van der Waals surface area contributed by atoms with Crippen LogP contribution < -0.4 is 4.90 Å². The molecule has 4 atom stereocenters. The van der Waals surface area contributed by atoms with E-state index < -0.39 is 76.2 Å². The second-order valence-corrected chi connectivity index (χ2v) is 12.6. The van der Waals surface area contributed by atoms with Crippen LogP contribution in [0.25, 0.3) is 0 Å². The highest BCUT2D eigenvalue weighted by molar-refractivity contribution is 9.12. The zero-order chi connectivity index (χ0) is 32.0. The normalized spacial score (nSPS) is 25.5. The first kappa shape index (κ1) is 30.5. The first-order chi connectivity index (χ1) is 20.5. The van der Waals surface area contributed by atoms with Crippen LogP contribution in [0.5, 0.6) is 5.75 Å². The van der Waals surface area contributed by atoms with Gasteiger partial charge >= 0.3 is 12.4 Å². The van der Waals surface area contributed by atoms with Gasteiger partial charge in [-0.15, -0.1) is 0 Å². The van der Waals surface area contributed by atoms with Crippen LogP contribution in [-0.2, 0) is 31.5 Å². The van der Waals surface area contributed by atoms with Crippen molar-refractivity contribution in [3.63, 3.8) is 0 Å². The van der Waals surface area contributed by atoms with Crippen molar-refractivity contribution in [1.82, 2.24) is 0 Å². The van der Waals surface area contributed by atoms with E-state index in [0.717, 1.165) is 6.08 Å². The summed E-state index contributed by atoms with van der Waals surface area (Å²) in [6.45, 7) is 0. The summed E-state index contributed by atoms with van der Waals surface area (Å²) in [5, 5.41) is 10.8. The number of alkyl halides is 6. The fourth-order valence-corrected chi connectivity index (χ4v) is 7.47. The maximum Gasteiger partial charge on any atom is 0.416 e. The third kappa shape index (κ3) is 4.77. The Morgan fingerprint density at radius 1 is 0.841 bits per heavy atom. The molecule has 14 heteroatoms. The standard InChI is InChI=1S/C30H17Br2F6NO5/c31-13-1-4-21(40)18(8-13)23-15-2-3-16-24(17(15)9-19-25(23)22(41)10-20(32)26(19)42)28(44)39(27(16)43)14-6-11(29(33,34)35)5-12(7-14)30(36,37)38/h1-2,4-8,10,16-17,23-24,40H,3,9H2. The lowest BCUT2D eigenvalue weighted by atomic mass is 9.59. The fourth-order valence-electron chi connectivity index (χ4n) is 6.64. The molecule has 0 saturated carbocycles. The fraction of sp³-hybridized carbons (Fsp3) is 0.267. The SMILES string of the molecule is O=C1C=C(Br)C(=O)C2=C1C(c1cc(Br)ccc1O)C1=CCC3C(=O)N(c4cc(C(F)(F)F)cc(C(F)(F)F)c4)C(=O)C3C1C2. The maximum atomic E-state index is 13.9. The van der Waals surface area contributed by atoms with Gasteiger partial charge < -0.3 is 5.11 Å². The van der Waals surface area contributed by atoms with E-state index in [1.165, 1.54) is 6.07 Å². The average molecular weight is 745 g/mol. The molecule has 0 radical (unpaired) electrons. The van der Waals surface area contributed by atoms with Crippen molar-refractivity contribution < 1.29 is 50.6 Å². The number of phenolic OH excluding ortho intramolecular Hbond substituents is 1. The maximum absolute atomic E-state index is 13.9. The predicted molar refractivity (Wildman–Crippen MR) is 149 cm³/mol. The highest BCUT2D eigenvalue weighted by Gasteiger charge is 2.57. The van der Waals surface area contributed by atoms with Crippen LogP contribution in [0.2, 0.25) is 0 Å². The molecule has 2 aromatic rings.